The molecule has 2 heteroatoms. The molecule has 0 spiro atoms. The average Bonchev–Trinajstić information content (AvgIpc) is 3.00. The van der Waals surface area contributed by atoms with Crippen LogP contribution < -0.4 is 5.32 Å². The van der Waals surface area contributed by atoms with E-state index in [0.29, 0.717) is 0 Å². The fraction of sp³-hybridized carbons (Fsp3) is 0.417. The molecule has 1 heterocycles. The molecule has 0 atom stereocenters. The van der Waals surface area contributed by atoms with Gasteiger partial charge in [-0.1, -0.05) is 17.7 Å². The van der Waals surface area contributed by atoms with Crippen molar-refractivity contribution in [1.29, 1.82) is 0 Å². The van der Waals surface area contributed by atoms with Crippen LogP contribution in [-0.2, 0) is 0 Å². The van der Waals surface area contributed by atoms with E-state index in [1.165, 1.54) is 24.0 Å². The average molecular weight is 188 g/mol. The van der Waals surface area contributed by atoms with Crippen LogP contribution in [0.5, 0.6) is 0 Å². The zero-order valence-corrected chi connectivity index (χ0v) is 8.53. The summed E-state index contributed by atoms with van der Waals surface area (Å²) in [5.41, 5.74) is 2.55. The lowest BCUT2D eigenvalue weighted by Gasteiger charge is -2.02. The Hall–Kier alpha value is -1.15. The van der Waals surface area contributed by atoms with Crippen molar-refractivity contribution in [3.8, 4) is 0 Å². The molecule has 0 bridgehead atoms. The molecule has 0 unspecified atom stereocenters. The van der Waals surface area contributed by atoms with Gasteiger partial charge >= 0.3 is 0 Å². The third kappa shape index (κ3) is 2.96. The predicted molar refractivity (Wildman–Crippen MR) is 58.9 cm³/mol. The molecule has 14 heavy (non-hydrogen) atoms. The standard InChI is InChI=1S/C12H16N2/c1-10(8-14-12-4-5-12)7-11-3-2-6-13-9-11/h2-3,6-7,9,12,14H,4-5,8H2,1H3. The summed E-state index contributed by atoms with van der Waals surface area (Å²) in [4.78, 5) is 4.08. The van der Waals surface area contributed by atoms with Crippen LogP contribution in [0.3, 0.4) is 0 Å². The Morgan fingerprint density at radius 1 is 1.64 bits per heavy atom. The summed E-state index contributed by atoms with van der Waals surface area (Å²) in [5, 5.41) is 3.49. The molecular weight excluding hydrogens is 172 g/mol. The second kappa shape index (κ2) is 4.38. The van der Waals surface area contributed by atoms with Crippen LogP contribution in [0.25, 0.3) is 6.08 Å². The Labute approximate surface area is 85.1 Å². The zero-order chi connectivity index (χ0) is 9.80. The first-order valence-electron chi connectivity index (χ1n) is 5.15. The Bertz CT molecular complexity index is 312. The first kappa shape index (κ1) is 9.41. The van der Waals surface area contributed by atoms with E-state index in [0.717, 1.165) is 12.6 Å². The van der Waals surface area contributed by atoms with Crippen molar-refractivity contribution in [3.63, 3.8) is 0 Å². The van der Waals surface area contributed by atoms with Crippen LogP contribution in [0.4, 0.5) is 0 Å². The molecule has 0 aromatic carbocycles. The lowest BCUT2D eigenvalue weighted by Crippen LogP contribution is -2.18. The van der Waals surface area contributed by atoms with E-state index in [1.54, 1.807) is 6.20 Å². The lowest BCUT2D eigenvalue weighted by molar-refractivity contribution is 0.736. The number of rotatable bonds is 4. The number of nitrogens with one attached hydrogen (secondary N) is 1. The molecule has 0 radical (unpaired) electrons. The summed E-state index contributed by atoms with van der Waals surface area (Å²) < 4.78 is 0. The maximum absolute atomic E-state index is 4.08. The molecule has 74 valence electrons. The van der Waals surface area contributed by atoms with E-state index in [9.17, 15) is 0 Å². The Balaban J connectivity index is 1.88. The number of nitrogens with zero attached hydrogens (tertiary/aromatic N) is 1. The number of hydrogen-bond acceptors (Lipinski definition) is 2. The molecule has 1 aromatic rings. The van der Waals surface area contributed by atoms with Gasteiger partial charge in [0.2, 0.25) is 0 Å². The molecule has 1 aromatic heterocycles. The summed E-state index contributed by atoms with van der Waals surface area (Å²) >= 11 is 0. The van der Waals surface area contributed by atoms with Gasteiger partial charge in [-0.3, -0.25) is 4.98 Å². The number of aromatic nitrogens is 1. The Morgan fingerprint density at radius 2 is 2.50 bits per heavy atom. The van der Waals surface area contributed by atoms with Crippen molar-refractivity contribution in [2.75, 3.05) is 6.54 Å². The topological polar surface area (TPSA) is 24.9 Å². The second-order valence-corrected chi connectivity index (χ2v) is 3.93. The van der Waals surface area contributed by atoms with Gasteiger partial charge in [-0.2, -0.15) is 0 Å². The third-order valence-corrected chi connectivity index (χ3v) is 2.34. The fourth-order valence-electron chi connectivity index (χ4n) is 1.39. The second-order valence-electron chi connectivity index (χ2n) is 3.93. The summed E-state index contributed by atoms with van der Waals surface area (Å²) in [6.07, 6.45) is 8.57. The maximum Gasteiger partial charge on any atom is 0.0340 e. The molecule has 1 saturated carbocycles. The SMILES string of the molecule is CC(=Cc1cccnc1)CNC1CC1. The normalized spacial score (nSPS) is 17.1. The fourth-order valence-corrected chi connectivity index (χ4v) is 1.39. The van der Waals surface area contributed by atoms with Crippen molar-refractivity contribution in [2.24, 2.45) is 0 Å². The van der Waals surface area contributed by atoms with Gasteiger partial charge < -0.3 is 5.32 Å². The zero-order valence-electron chi connectivity index (χ0n) is 8.53. The van der Waals surface area contributed by atoms with Crippen LogP contribution in [-0.4, -0.2) is 17.6 Å². The monoisotopic (exact) mass is 188 g/mol. The van der Waals surface area contributed by atoms with Gasteiger partial charge in [-0.25, -0.2) is 0 Å². The largest absolute Gasteiger partial charge is 0.310 e. The van der Waals surface area contributed by atoms with Gasteiger partial charge in [-0.05, 0) is 31.4 Å². The molecule has 2 nitrogen and oxygen atoms in total. The summed E-state index contributed by atoms with van der Waals surface area (Å²) in [5.74, 6) is 0. The van der Waals surface area contributed by atoms with E-state index >= 15 is 0 Å². The van der Waals surface area contributed by atoms with Crippen LogP contribution in [0.1, 0.15) is 25.3 Å². The molecule has 1 aliphatic carbocycles. The van der Waals surface area contributed by atoms with E-state index in [2.05, 4.69) is 29.4 Å². The molecule has 1 aliphatic rings. The van der Waals surface area contributed by atoms with E-state index in [1.807, 2.05) is 12.3 Å². The maximum atomic E-state index is 4.08. The molecular formula is C12H16N2. The highest BCUT2D eigenvalue weighted by Gasteiger charge is 2.19. The van der Waals surface area contributed by atoms with E-state index in [4.69, 9.17) is 0 Å². The van der Waals surface area contributed by atoms with Gasteiger partial charge in [0.05, 0.1) is 0 Å². The minimum atomic E-state index is 0.784. The molecule has 0 saturated heterocycles. The summed E-state index contributed by atoms with van der Waals surface area (Å²) in [6, 6.07) is 4.83. The predicted octanol–water partition coefficient (Wildman–Crippen LogP) is 2.24. The Kier molecular flexibility index (Phi) is 2.94. The van der Waals surface area contributed by atoms with E-state index in [-0.39, 0.29) is 0 Å². The van der Waals surface area contributed by atoms with Crippen LogP contribution in [0.15, 0.2) is 30.1 Å². The highest BCUT2D eigenvalue weighted by molar-refractivity contribution is 5.51. The van der Waals surface area contributed by atoms with Crippen molar-refractivity contribution < 1.29 is 0 Å². The van der Waals surface area contributed by atoms with Crippen molar-refractivity contribution in [2.45, 2.75) is 25.8 Å². The van der Waals surface area contributed by atoms with E-state index < -0.39 is 0 Å². The summed E-state index contributed by atoms with van der Waals surface area (Å²) in [7, 11) is 0. The number of hydrogen-bond donors (Lipinski definition) is 1. The van der Waals surface area contributed by atoms with Gasteiger partial charge in [0.15, 0.2) is 0 Å². The number of pyridine rings is 1. The third-order valence-electron chi connectivity index (χ3n) is 2.34. The first-order chi connectivity index (χ1) is 6.84. The Morgan fingerprint density at radius 3 is 3.14 bits per heavy atom. The van der Waals surface area contributed by atoms with Crippen molar-refractivity contribution in [1.82, 2.24) is 10.3 Å². The quantitative estimate of drug-likeness (QED) is 0.783. The van der Waals surface area contributed by atoms with Gasteiger partial charge in [-0.15, -0.1) is 0 Å². The highest BCUT2D eigenvalue weighted by Crippen LogP contribution is 2.18. The minimum absolute atomic E-state index is 0.784. The molecule has 2 rings (SSSR count). The van der Waals surface area contributed by atoms with Crippen LogP contribution >= 0.6 is 0 Å². The smallest absolute Gasteiger partial charge is 0.0340 e. The molecule has 1 N–H and O–H groups in total. The minimum Gasteiger partial charge on any atom is -0.310 e. The van der Waals surface area contributed by atoms with Crippen molar-refractivity contribution in [3.05, 3.63) is 35.7 Å². The van der Waals surface area contributed by atoms with Gasteiger partial charge in [0.25, 0.3) is 0 Å². The lowest BCUT2D eigenvalue weighted by atomic mass is 10.2. The molecule has 1 fully saturated rings. The molecule has 0 amide bonds. The van der Waals surface area contributed by atoms with Crippen LogP contribution in [0.2, 0.25) is 0 Å². The highest BCUT2D eigenvalue weighted by atomic mass is 14.9. The first-order valence-corrected chi connectivity index (χ1v) is 5.15. The van der Waals surface area contributed by atoms with Gasteiger partial charge in [0.1, 0.15) is 0 Å². The van der Waals surface area contributed by atoms with Crippen LogP contribution in [0, 0.1) is 0 Å². The van der Waals surface area contributed by atoms with Crippen molar-refractivity contribution >= 4 is 6.08 Å². The molecule has 0 aliphatic heterocycles. The van der Waals surface area contributed by atoms with Gasteiger partial charge in [0, 0.05) is 25.0 Å². The summed E-state index contributed by atoms with van der Waals surface area (Å²) in [6.45, 7) is 3.15.